The van der Waals surface area contributed by atoms with Gasteiger partial charge in [-0.25, -0.2) is 4.39 Å². The van der Waals surface area contributed by atoms with Gasteiger partial charge in [0.05, 0.1) is 6.61 Å². The molecule has 0 saturated heterocycles. The SMILES string of the molecule is CC(N)c1ccc(F)cc1OCCc1ccnn1C. The minimum absolute atomic E-state index is 0.188. The van der Waals surface area contributed by atoms with Gasteiger partial charge in [-0.2, -0.15) is 5.10 Å². The van der Waals surface area contributed by atoms with E-state index in [1.54, 1.807) is 16.9 Å². The normalized spacial score (nSPS) is 12.4. The average Bonchev–Trinajstić information content (AvgIpc) is 2.75. The summed E-state index contributed by atoms with van der Waals surface area (Å²) in [5.41, 5.74) is 7.72. The Hall–Kier alpha value is -1.88. The van der Waals surface area contributed by atoms with Crippen molar-refractivity contribution in [2.24, 2.45) is 12.8 Å². The smallest absolute Gasteiger partial charge is 0.126 e. The van der Waals surface area contributed by atoms with Crippen molar-refractivity contribution in [1.82, 2.24) is 9.78 Å². The quantitative estimate of drug-likeness (QED) is 0.899. The van der Waals surface area contributed by atoms with Crippen LogP contribution in [0, 0.1) is 5.82 Å². The standard InChI is InChI=1S/C14H18FN3O/c1-10(16)13-4-3-11(15)9-14(13)19-8-6-12-5-7-17-18(12)2/h3-5,7,9-10H,6,8,16H2,1-2H3. The second-order valence-electron chi connectivity index (χ2n) is 4.52. The molecule has 2 N–H and O–H groups in total. The van der Waals surface area contributed by atoms with E-state index in [1.165, 1.54) is 12.1 Å². The highest BCUT2D eigenvalue weighted by Gasteiger charge is 2.09. The Morgan fingerprint density at radius 2 is 2.21 bits per heavy atom. The minimum atomic E-state index is -0.320. The highest BCUT2D eigenvalue weighted by atomic mass is 19.1. The average molecular weight is 263 g/mol. The van der Waals surface area contributed by atoms with Crippen LogP contribution >= 0.6 is 0 Å². The zero-order valence-electron chi connectivity index (χ0n) is 11.1. The maximum Gasteiger partial charge on any atom is 0.126 e. The number of aromatic nitrogens is 2. The summed E-state index contributed by atoms with van der Waals surface area (Å²) in [6.45, 7) is 2.31. The summed E-state index contributed by atoms with van der Waals surface area (Å²) >= 11 is 0. The first-order valence-electron chi connectivity index (χ1n) is 6.22. The predicted molar refractivity (Wildman–Crippen MR) is 71.4 cm³/mol. The Bertz CT molecular complexity index is 551. The van der Waals surface area contributed by atoms with E-state index in [2.05, 4.69) is 5.10 Å². The molecule has 0 spiro atoms. The van der Waals surface area contributed by atoms with E-state index in [0.717, 1.165) is 11.3 Å². The largest absolute Gasteiger partial charge is 0.493 e. The van der Waals surface area contributed by atoms with Crippen LogP contribution in [0.4, 0.5) is 4.39 Å². The number of hydrogen-bond donors (Lipinski definition) is 1. The monoisotopic (exact) mass is 263 g/mol. The van der Waals surface area contributed by atoms with Crippen LogP contribution < -0.4 is 10.5 Å². The molecule has 0 amide bonds. The Morgan fingerprint density at radius 1 is 1.42 bits per heavy atom. The maximum atomic E-state index is 13.2. The molecule has 2 rings (SSSR count). The third-order valence-electron chi connectivity index (χ3n) is 3.00. The fraction of sp³-hybridized carbons (Fsp3) is 0.357. The summed E-state index contributed by atoms with van der Waals surface area (Å²) in [4.78, 5) is 0. The molecular weight excluding hydrogens is 245 g/mol. The summed E-state index contributed by atoms with van der Waals surface area (Å²) in [6, 6.07) is 6.18. The van der Waals surface area contributed by atoms with Crippen molar-refractivity contribution in [2.75, 3.05) is 6.61 Å². The van der Waals surface area contributed by atoms with E-state index in [-0.39, 0.29) is 11.9 Å². The number of hydrogen-bond acceptors (Lipinski definition) is 3. The van der Waals surface area contributed by atoms with Crippen molar-refractivity contribution in [3.8, 4) is 5.75 Å². The molecule has 1 aromatic heterocycles. The molecule has 1 aromatic carbocycles. The minimum Gasteiger partial charge on any atom is -0.493 e. The first kappa shape index (κ1) is 13.5. The molecule has 0 bridgehead atoms. The lowest BCUT2D eigenvalue weighted by atomic mass is 10.1. The zero-order chi connectivity index (χ0) is 13.8. The van der Waals surface area contributed by atoms with Gasteiger partial charge in [-0.1, -0.05) is 6.07 Å². The lowest BCUT2D eigenvalue weighted by Crippen LogP contribution is -2.11. The van der Waals surface area contributed by atoms with Gasteiger partial charge in [0.1, 0.15) is 11.6 Å². The molecule has 0 fully saturated rings. The van der Waals surface area contributed by atoms with Crippen LogP contribution in [-0.4, -0.2) is 16.4 Å². The van der Waals surface area contributed by atoms with Gasteiger partial charge in [-0.15, -0.1) is 0 Å². The topological polar surface area (TPSA) is 53.1 Å². The molecule has 0 saturated carbocycles. The number of benzene rings is 1. The third-order valence-corrected chi connectivity index (χ3v) is 3.00. The van der Waals surface area contributed by atoms with Gasteiger partial charge >= 0.3 is 0 Å². The second-order valence-corrected chi connectivity index (χ2v) is 4.52. The Morgan fingerprint density at radius 3 is 2.84 bits per heavy atom. The van der Waals surface area contributed by atoms with Crippen LogP contribution in [0.15, 0.2) is 30.5 Å². The Labute approximate surface area is 112 Å². The van der Waals surface area contributed by atoms with Crippen molar-refractivity contribution < 1.29 is 9.13 Å². The molecule has 0 aliphatic heterocycles. The molecule has 2 aromatic rings. The maximum absolute atomic E-state index is 13.2. The van der Waals surface area contributed by atoms with E-state index in [1.807, 2.05) is 20.0 Å². The lowest BCUT2D eigenvalue weighted by Gasteiger charge is -2.14. The summed E-state index contributed by atoms with van der Waals surface area (Å²) in [5.74, 6) is 0.192. The van der Waals surface area contributed by atoms with Gasteiger partial charge in [0.15, 0.2) is 0 Å². The third kappa shape index (κ3) is 3.32. The van der Waals surface area contributed by atoms with Gasteiger partial charge in [-0.05, 0) is 19.1 Å². The number of rotatable bonds is 5. The van der Waals surface area contributed by atoms with Crippen LogP contribution in [-0.2, 0) is 13.5 Å². The predicted octanol–water partition coefficient (Wildman–Crippen LogP) is 2.20. The van der Waals surface area contributed by atoms with Crippen molar-refractivity contribution >= 4 is 0 Å². The summed E-state index contributed by atoms with van der Waals surface area (Å²) in [7, 11) is 1.88. The highest BCUT2D eigenvalue weighted by molar-refractivity contribution is 5.36. The lowest BCUT2D eigenvalue weighted by molar-refractivity contribution is 0.312. The molecule has 1 unspecified atom stereocenters. The number of nitrogens with zero attached hydrogens (tertiary/aromatic N) is 2. The van der Waals surface area contributed by atoms with Crippen LogP contribution in [0.3, 0.4) is 0 Å². The van der Waals surface area contributed by atoms with Crippen molar-refractivity contribution in [3.05, 3.63) is 47.5 Å². The molecule has 0 aliphatic carbocycles. The van der Waals surface area contributed by atoms with E-state index in [9.17, 15) is 4.39 Å². The van der Waals surface area contributed by atoms with E-state index >= 15 is 0 Å². The molecule has 102 valence electrons. The number of nitrogens with two attached hydrogens (primary N) is 1. The molecule has 5 heteroatoms. The molecule has 19 heavy (non-hydrogen) atoms. The zero-order valence-corrected chi connectivity index (χ0v) is 11.1. The van der Waals surface area contributed by atoms with Crippen molar-refractivity contribution in [1.29, 1.82) is 0 Å². The van der Waals surface area contributed by atoms with Crippen LogP contribution in [0.2, 0.25) is 0 Å². The van der Waals surface area contributed by atoms with Gasteiger partial charge in [0, 0.05) is 43.0 Å². The second kappa shape index (κ2) is 5.84. The van der Waals surface area contributed by atoms with Gasteiger partial charge in [0.25, 0.3) is 0 Å². The number of aryl methyl sites for hydroxylation is 1. The van der Waals surface area contributed by atoms with Gasteiger partial charge in [-0.3, -0.25) is 4.68 Å². The molecule has 0 aliphatic rings. The molecule has 0 radical (unpaired) electrons. The van der Waals surface area contributed by atoms with Crippen LogP contribution in [0.25, 0.3) is 0 Å². The number of ether oxygens (including phenoxy) is 1. The van der Waals surface area contributed by atoms with E-state index in [4.69, 9.17) is 10.5 Å². The summed E-state index contributed by atoms with van der Waals surface area (Å²) in [5, 5.41) is 4.08. The molecule has 1 atom stereocenters. The fourth-order valence-electron chi connectivity index (χ4n) is 1.92. The van der Waals surface area contributed by atoms with Gasteiger partial charge < -0.3 is 10.5 Å². The van der Waals surface area contributed by atoms with Gasteiger partial charge in [0.2, 0.25) is 0 Å². The first-order valence-corrected chi connectivity index (χ1v) is 6.22. The van der Waals surface area contributed by atoms with Crippen LogP contribution in [0.5, 0.6) is 5.75 Å². The van der Waals surface area contributed by atoms with Crippen LogP contribution in [0.1, 0.15) is 24.2 Å². The summed E-state index contributed by atoms with van der Waals surface area (Å²) < 4.78 is 20.7. The van der Waals surface area contributed by atoms with Crippen molar-refractivity contribution in [2.45, 2.75) is 19.4 Å². The first-order chi connectivity index (χ1) is 9.08. The number of halogens is 1. The Kier molecular flexibility index (Phi) is 4.16. The molecule has 4 nitrogen and oxygen atoms in total. The molecule has 1 heterocycles. The fourth-order valence-corrected chi connectivity index (χ4v) is 1.92. The Balaban J connectivity index is 2.03. The van der Waals surface area contributed by atoms with E-state index in [0.29, 0.717) is 18.8 Å². The molecular formula is C14H18FN3O. The summed E-state index contributed by atoms with van der Waals surface area (Å²) in [6.07, 6.45) is 2.45. The highest BCUT2D eigenvalue weighted by Crippen LogP contribution is 2.24. The van der Waals surface area contributed by atoms with E-state index < -0.39 is 0 Å². The van der Waals surface area contributed by atoms with Crippen molar-refractivity contribution in [3.63, 3.8) is 0 Å².